The van der Waals surface area contributed by atoms with Gasteiger partial charge in [-0.05, 0) is 6.42 Å². The Bertz CT molecular complexity index is 248. The van der Waals surface area contributed by atoms with Crippen molar-refractivity contribution in [1.29, 1.82) is 0 Å². The molecule has 0 aromatic carbocycles. The second kappa shape index (κ2) is 4.81. The predicted molar refractivity (Wildman–Crippen MR) is 50.6 cm³/mol. The third-order valence-corrected chi connectivity index (χ3v) is 1.70. The zero-order valence-corrected chi connectivity index (χ0v) is 8.16. The molecule has 1 rings (SSSR count). The van der Waals surface area contributed by atoms with E-state index >= 15 is 0 Å². The van der Waals surface area contributed by atoms with Crippen molar-refractivity contribution in [3.63, 3.8) is 0 Å². The van der Waals surface area contributed by atoms with E-state index in [4.69, 9.17) is 10.2 Å². The van der Waals surface area contributed by atoms with Crippen molar-refractivity contribution < 1.29 is 4.42 Å². The molecule has 0 radical (unpaired) electrons. The third-order valence-electron chi connectivity index (χ3n) is 1.70. The van der Waals surface area contributed by atoms with Crippen LogP contribution in [0.5, 0.6) is 0 Å². The van der Waals surface area contributed by atoms with Crippen molar-refractivity contribution in [2.45, 2.75) is 19.8 Å². The Morgan fingerprint density at radius 2 is 2.23 bits per heavy atom. The Kier molecular flexibility index (Phi) is 3.70. The molecule has 0 aliphatic heterocycles. The van der Waals surface area contributed by atoms with Gasteiger partial charge in [-0.2, -0.15) is 0 Å². The summed E-state index contributed by atoms with van der Waals surface area (Å²) in [4.78, 5) is 1.94. The van der Waals surface area contributed by atoms with Crippen molar-refractivity contribution in [2.24, 2.45) is 5.73 Å². The Morgan fingerprint density at radius 3 is 2.85 bits per heavy atom. The lowest BCUT2D eigenvalue weighted by Gasteiger charge is -2.10. The maximum absolute atomic E-state index is 5.36. The first-order valence-electron chi connectivity index (χ1n) is 4.51. The molecule has 1 heterocycles. The molecule has 5 nitrogen and oxygen atoms in total. The van der Waals surface area contributed by atoms with E-state index in [1.165, 1.54) is 0 Å². The highest BCUT2D eigenvalue weighted by Crippen LogP contribution is 2.10. The van der Waals surface area contributed by atoms with E-state index in [9.17, 15) is 0 Å². The van der Waals surface area contributed by atoms with Crippen LogP contribution in [-0.2, 0) is 6.42 Å². The quantitative estimate of drug-likeness (QED) is 0.718. The van der Waals surface area contributed by atoms with Gasteiger partial charge in [-0.1, -0.05) is 12.0 Å². The average molecular weight is 184 g/mol. The molecule has 1 aromatic heterocycles. The zero-order chi connectivity index (χ0) is 9.68. The van der Waals surface area contributed by atoms with E-state index in [1.807, 2.05) is 11.9 Å². The Hall–Kier alpha value is -1.10. The smallest absolute Gasteiger partial charge is 0.317 e. The van der Waals surface area contributed by atoms with Crippen LogP contribution in [0.2, 0.25) is 0 Å². The van der Waals surface area contributed by atoms with Gasteiger partial charge in [-0.15, -0.1) is 5.10 Å². The van der Waals surface area contributed by atoms with Crippen molar-refractivity contribution >= 4 is 6.01 Å². The second-order valence-electron chi connectivity index (χ2n) is 2.94. The molecule has 0 aliphatic rings. The molecule has 0 fully saturated rings. The van der Waals surface area contributed by atoms with Crippen LogP contribution in [0.4, 0.5) is 6.01 Å². The maximum atomic E-state index is 5.36. The van der Waals surface area contributed by atoms with Gasteiger partial charge in [-0.3, -0.25) is 0 Å². The number of rotatable bonds is 5. The zero-order valence-electron chi connectivity index (χ0n) is 8.16. The fraction of sp³-hybridized carbons (Fsp3) is 0.750. The lowest BCUT2D eigenvalue weighted by atomic mass is 10.4. The standard InChI is InChI=1S/C8H16N4O/c1-3-6-12(2)8-11-10-7(13-8)4-5-9/h3-6,9H2,1-2H3. The summed E-state index contributed by atoms with van der Waals surface area (Å²) in [6.07, 6.45) is 1.71. The molecule has 0 amide bonds. The third kappa shape index (κ3) is 2.69. The van der Waals surface area contributed by atoms with E-state index in [0.717, 1.165) is 13.0 Å². The molecule has 0 spiro atoms. The fourth-order valence-corrected chi connectivity index (χ4v) is 1.05. The van der Waals surface area contributed by atoms with Crippen LogP contribution < -0.4 is 10.6 Å². The van der Waals surface area contributed by atoms with E-state index in [1.54, 1.807) is 0 Å². The first-order chi connectivity index (χ1) is 6.27. The number of anilines is 1. The molecule has 2 N–H and O–H groups in total. The summed E-state index contributed by atoms with van der Waals surface area (Å²) >= 11 is 0. The summed E-state index contributed by atoms with van der Waals surface area (Å²) in [5.74, 6) is 0.612. The van der Waals surface area contributed by atoms with Gasteiger partial charge in [0.2, 0.25) is 5.89 Å². The molecular weight excluding hydrogens is 168 g/mol. The van der Waals surface area contributed by atoms with Gasteiger partial charge in [0.05, 0.1) is 0 Å². The molecule has 0 aliphatic carbocycles. The number of hydrogen-bond donors (Lipinski definition) is 1. The molecule has 1 aromatic rings. The molecule has 5 heteroatoms. The van der Waals surface area contributed by atoms with Crippen molar-refractivity contribution in [1.82, 2.24) is 10.2 Å². The average Bonchev–Trinajstić information content (AvgIpc) is 2.54. The van der Waals surface area contributed by atoms with Crippen LogP contribution in [0.1, 0.15) is 19.2 Å². The topological polar surface area (TPSA) is 68.2 Å². The Balaban J connectivity index is 2.56. The van der Waals surface area contributed by atoms with Gasteiger partial charge in [0.1, 0.15) is 0 Å². The van der Waals surface area contributed by atoms with Crippen molar-refractivity contribution in [3.05, 3.63) is 5.89 Å². The van der Waals surface area contributed by atoms with Crippen molar-refractivity contribution in [2.75, 3.05) is 25.0 Å². The molecular formula is C8H16N4O. The van der Waals surface area contributed by atoms with Gasteiger partial charge in [0.25, 0.3) is 0 Å². The molecule has 13 heavy (non-hydrogen) atoms. The summed E-state index contributed by atoms with van der Waals surface area (Å²) < 4.78 is 5.36. The minimum absolute atomic E-state index is 0.541. The van der Waals surface area contributed by atoms with E-state index < -0.39 is 0 Å². The van der Waals surface area contributed by atoms with Gasteiger partial charge >= 0.3 is 6.01 Å². The van der Waals surface area contributed by atoms with E-state index in [-0.39, 0.29) is 0 Å². The summed E-state index contributed by atoms with van der Waals surface area (Å²) in [7, 11) is 1.93. The van der Waals surface area contributed by atoms with E-state index in [2.05, 4.69) is 17.1 Å². The largest absolute Gasteiger partial charge is 0.408 e. The number of nitrogens with zero attached hydrogens (tertiary/aromatic N) is 3. The van der Waals surface area contributed by atoms with Crippen LogP contribution in [0, 0.1) is 0 Å². The second-order valence-corrected chi connectivity index (χ2v) is 2.94. The minimum atomic E-state index is 0.541. The van der Waals surface area contributed by atoms with Gasteiger partial charge in [-0.25, -0.2) is 0 Å². The Morgan fingerprint density at radius 1 is 1.46 bits per heavy atom. The summed E-state index contributed by atoms with van der Waals surface area (Å²) in [6, 6.07) is 0.574. The van der Waals surface area contributed by atoms with Crippen LogP contribution in [0.15, 0.2) is 4.42 Å². The maximum Gasteiger partial charge on any atom is 0.317 e. The normalized spacial score (nSPS) is 10.4. The molecule has 0 unspecified atom stereocenters. The summed E-state index contributed by atoms with van der Waals surface area (Å²) in [5, 5.41) is 7.78. The lowest BCUT2D eigenvalue weighted by molar-refractivity contribution is 0.490. The molecule has 0 atom stereocenters. The molecule has 0 saturated carbocycles. The fourth-order valence-electron chi connectivity index (χ4n) is 1.05. The highest BCUT2D eigenvalue weighted by atomic mass is 16.4. The van der Waals surface area contributed by atoms with Crippen LogP contribution >= 0.6 is 0 Å². The van der Waals surface area contributed by atoms with Crippen molar-refractivity contribution in [3.8, 4) is 0 Å². The first kappa shape index (κ1) is 9.98. The van der Waals surface area contributed by atoms with E-state index in [0.29, 0.717) is 24.9 Å². The number of aromatic nitrogens is 2. The Labute approximate surface area is 77.9 Å². The number of nitrogens with two attached hydrogens (primary N) is 1. The molecule has 74 valence electrons. The summed E-state index contributed by atoms with van der Waals surface area (Å²) in [5.41, 5.74) is 5.36. The number of hydrogen-bond acceptors (Lipinski definition) is 5. The highest BCUT2D eigenvalue weighted by molar-refractivity contribution is 5.21. The lowest BCUT2D eigenvalue weighted by Crippen LogP contribution is -2.17. The van der Waals surface area contributed by atoms with Crippen LogP contribution in [0.25, 0.3) is 0 Å². The summed E-state index contributed by atoms with van der Waals surface area (Å²) in [6.45, 7) is 3.57. The van der Waals surface area contributed by atoms with Crippen LogP contribution in [-0.4, -0.2) is 30.3 Å². The highest BCUT2D eigenvalue weighted by Gasteiger charge is 2.08. The monoisotopic (exact) mass is 184 g/mol. The van der Waals surface area contributed by atoms with Gasteiger partial charge in [0, 0.05) is 26.6 Å². The molecule has 0 saturated heterocycles. The molecule has 0 bridgehead atoms. The first-order valence-corrected chi connectivity index (χ1v) is 4.51. The predicted octanol–water partition coefficient (Wildman–Crippen LogP) is 0.417. The van der Waals surface area contributed by atoms with Gasteiger partial charge in [0.15, 0.2) is 0 Å². The van der Waals surface area contributed by atoms with Crippen LogP contribution in [0.3, 0.4) is 0 Å². The SMILES string of the molecule is CCCN(C)c1nnc(CCN)o1. The minimum Gasteiger partial charge on any atom is -0.408 e. The van der Waals surface area contributed by atoms with Gasteiger partial charge < -0.3 is 15.1 Å².